The normalized spacial score (nSPS) is 12.5. The number of carbonyl (C=O) groups excluding carboxylic acids is 1. The summed E-state index contributed by atoms with van der Waals surface area (Å²) in [6.07, 6.45) is 0. The molecule has 0 heterocycles. The first kappa shape index (κ1) is 19.9. The molecule has 2 aromatic rings. The van der Waals surface area contributed by atoms with Gasteiger partial charge in [0.05, 0.1) is 12.0 Å². The lowest BCUT2D eigenvalue weighted by molar-refractivity contribution is -0.146. The van der Waals surface area contributed by atoms with Crippen molar-refractivity contribution in [3.63, 3.8) is 0 Å². The molecule has 0 spiro atoms. The molecule has 2 aromatic carbocycles. The van der Waals surface area contributed by atoms with Crippen LogP contribution in [-0.2, 0) is 26.2 Å². The van der Waals surface area contributed by atoms with Crippen LogP contribution in [-0.4, -0.2) is 27.5 Å². The fourth-order valence-electron chi connectivity index (χ4n) is 2.15. The molecule has 0 unspecified atom stereocenters. The number of carbonyl (C=O) groups is 1. The van der Waals surface area contributed by atoms with E-state index in [-0.39, 0.29) is 17.3 Å². The maximum absolute atomic E-state index is 13.6. The Kier molecular flexibility index (Phi) is 6.33. The topological polar surface area (TPSA) is 81.7 Å². The van der Waals surface area contributed by atoms with E-state index in [1.807, 2.05) is 6.92 Å². The summed E-state index contributed by atoms with van der Waals surface area (Å²) in [6.45, 7) is 3.03. The molecule has 0 fully saturated rings. The molecule has 0 radical (unpaired) electrons. The third-order valence-corrected chi connectivity index (χ3v) is 5.17. The van der Waals surface area contributed by atoms with Crippen LogP contribution in [0.3, 0.4) is 0 Å². The molecule has 0 aromatic heterocycles. The molecule has 0 amide bonds. The molecule has 26 heavy (non-hydrogen) atoms. The van der Waals surface area contributed by atoms with Gasteiger partial charge in [-0.25, -0.2) is 12.8 Å². The highest BCUT2D eigenvalue weighted by Crippen LogP contribution is 2.18. The van der Waals surface area contributed by atoms with Gasteiger partial charge >= 0.3 is 5.97 Å². The Morgan fingerprint density at radius 3 is 2.42 bits per heavy atom. The number of hydrogen-bond donors (Lipinski definition) is 1. The van der Waals surface area contributed by atoms with Crippen molar-refractivity contribution in [2.75, 3.05) is 7.11 Å². The van der Waals surface area contributed by atoms with E-state index in [4.69, 9.17) is 9.47 Å². The maximum atomic E-state index is 13.6. The highest BCUT2D eigenvalue weighted by Gasteiger charge is 2.23. The second-order valence-corrected chi connectivity index (χ2v) is 7.45. The number of rotatable bonds is 7. The smallest absolute Gasteiger partial charge is 0.324 e. The van der Waals surface area contributed by atoms with Crippen molar-refractivity contribution in [2.24, 2.45) is 0 Å². The highest BCUT2D eigenvalue weighted by molar-refractivity contribution is 7.89. The molecule has 8 heteroatoms. The van der Waals surface area contributed by atoms with Crippen LogP contribution in [0.2, 0.25) is 0 Å². The molecule has 0 aliphatic heterocycles. The zero-order valence-electron chi connectivity index (χ0n) is 14.7. The minimum Gasteiger partial charge on any atom is -0.494 e. The monoisotopic (exact) mass is 381 g/mol. The first-order chi connectivity index (χ1) is 12.2. The standard InChI is InChI=1S/C18H20FNO5S/c1-12-4-7-15(8-5-12)26(22,23)20-13(2)18(21)25-11-14-6-9-17(24-3)16(19)10-14/h4-10,13,20H,11H2,1-3H3/t13-/m0/s1. The van der Waals surface area contributed by atoms with Crippen LogP contribution in [0.4, 0.5) is 4.39 Å². The van der Waals surface area contributed by atoms with Crippen LogP contribution < -0.4 is 9.46 Å². The summed E-state index contributed by atoms with van der Waals surface area (Å²) in [4.78, 5) is 12.1. The van der Waals surface area contributed by atoms with Gasteiger partial charge in [-0.3, -0.25) is 4.79 Å². The molecule has 1 N–H and O–H groups in total. The van der Waals surface area contributed by atoms with Crippen molar-refractivity contribution in [3.05, 3.63) is 59.4 Å². The molecule has 0 saturated carbocycles. The molecular formula is C18H20FNO5S. The summed E-state index contributed by atoms with van der Waals surface area (Å²) >= 11 is 0. The van der Waals surface area contributed by atoms with Crippen LogP contribution in [0, 0.1) is 12.7 Å². The molecule has 0 aliphatic rings. The van der Waals surface area contributed by atoms with Gasteiger partial charge in [0.2, 0.25) is 10.0 Å². The Morgan fingerprint density at radius 2 is 1.85 bits per heavy atom. The van der Waals surface area contributed by atoms with Gasteiger partial charge in [0.15, 0.2) is 11.6 Å². The van der Waals surface area contributed by atoms with Crippen molar-refractivity contribution in [3.8, 4) is 5.75 Å². The SMILES string of the molecule is COc1ccc(COC(=O)[C@H](C)NS(=O)(=O)c2ccc(C)cc2)cc1F. The van der Waals surface area contributed by atoms with Crippen LogP contribution in [0.1, 0.15) is 18.1 Å². The fourth-order valence-corrected chi connectivity index (χ4v) is 3.34. The van der Waals surface area contributed by atoms with E-state index in [0.717, 1.165) is 5.56 Å². The summed E-state index contributed by atoms with van der Waals surface area (Å²) in [5.74, 6) is -1.26. The number of esters is 1. The zero-order valence-corrected chi connectivity index (χ0v) is 15.5. The summed E-state index contributed by atoms with van der Waals surface area (Å²) in [5, 5.41) is 0. The molecule has 1 atom stereocenters. The van der Waals surface area contributed by atoms with Gasteiger partial charge in [0.1, 0.15) is 12.6 Å². The summed E-state index contributed by atoms with van der Waals surface area (Å²) in [5.41, 5.74) is 1.34. The Morgan fingerprint density at radius 1 is 1.19 bits per heavy atom. The first-order valence-electron chi connectivity index (χ1n) is 7.81. The lowest BCUT2D eigenvalue weighted by Crippen LogP contribution is -2.39. The highest BCUT2D eigenvalue weighted by atomic mass is 32.2. The number of hydrogen-bond acceptors (Lipinski definition) is 5. The lowest BCUT2D eigenvalue weighted by Gasteiger charge is -2.14. The van der Waals surface area contributed by atoms with Gasteiger partial charge in [-0.05, 0) is 43.7 Å². The average Bonchev–Trinajstić information content (AvgIpc) is 2.59. The van der Waals surface area contributed by atoms with Crippen molar-refractivity contribution >= 4 is 16.0 Å². The molecule has 0 aliphatic carbocycles. The Labute approximate surface area is 152 Å². The van der Waals surface area contributed by atoms with Crippen molar-refractivity contribution in [1.29, 1.82) is 0 Å². The Bertz CT molecular complexity index is 881. The van der Waals surface area contributed by atoms with E-state index in [9.17, 15) is 17.6 Å². The number of halogens is 1. The van der Waals surface area contributed by atoms with E-state index < -0.39 is 27.9 Å². The predicted octanol–water partition coefficient (Wildman–Crippen LogP) is 2.55. The number of sulfonamides is 1. The second-order valence-electron chi connectivity index (χ2n) is 5.73. The molecule has 2 rings (SSSR count). The summed E-state index contributed by atoms with van der Waals surface area (Å²) in [7, 11) is -2.50. The van der Waals surface area contributed by atoms with Crippen LogP contribution in [0.25, 0.3) is 0 Å². The minimum atomic E-state index is -3.85. The number of ether oxygens (including phenoxy) is 2. The average molecular weight is 381 g/mol. The van der Waals surface area contributed by atoms with E-state index in [1.165, 1.54) is 38.3 Å². The summed E-state index contributed by atoms with van der Waals surface area (Å²) < 4.78 is 50.3. The number of aryl methyl sites for hydroxylation is 1. The third kappa shape index (κ3) is 5.03. The van der Waals surface area contributed by atoms with Crippen LogP contribution in [0.15, 0.2) is 47.4 Å². The maximum Gasteiger partial charge on any atom is 0.324 e. The molecule has 0 bridgehead atoms. The van der Waals surface area contributed by atoms with E-state index in [0.29, 0.717) is 5.56 Å². The number of methoxy groups -OCH3 is 1. The summed E-state index contributed by atoms with van der Waals surface area (Å²) in [6, 6.07) is 9.30. The van der Waals surface area contributed by atoms with E-state index in [1.54, 1.807) is 18.2 Å². The van der Waals surface area contributed by atoms with Gasteiger partial charge in [-0.2, -0.15) is 4.72 Å². The van der Waals surface area contributed by atoms with Crippen LogP contribution >= 0.6 is 0 Å². The largest absolute Gasteiger partial charge is 0.494 e. The zero-order chi connectivity index (χ0) is 19.3. The third-order valence-electron chi connectivity index (χ3n) is 3.61. The molecule has 6 nitrogen and oxygen atoms in total. The quantitative estimate of drug-likeness (QED) is 0.746. The van der Waals surface area contributed by atoms with Crippen LogP contribution in [0.5, 0.6) is 5.75 Å². The molecular weight excluding hydrogens is 361 g/mol. The van der Waals surface area contributed by atoms with Crippen molar-refractivity contribution in [2.45, 2.75) is 31.4 Å². The number of benzene rings is 2. The van der Waals surface area contributed by atoms with Crippen molar-refractivity contribution < 1.29 is 27.1 Å². The molecule has 140 valence electrons. The Balaban J connectivity index is 1.96. The molecule has 0 saturated heterocycles. The fraction of sp³-hybridized carbons (Fsp3) is 0.278. The van der Waals surface area contributed by atoms with E-state index in [2.05, 4.69) is 4.72 Å². The van der Waals surface area contributed by atoms with E-state index >= 15 is 0 Å². The van der Waals surface area contributed by atoms with Gasteiger partial charge in [0, 0.05) is 0 Å². The predicted molar refractivity (Wildman–Crippen MR) is 93.7 cm³/mol. The second kappa shape index (κ2) is 8.29. The van der Waals surface area contributed by atoms with Gasteiger partial charge in [-0.15, -0.1) is 0 Å². The lowest BCUT2D eigenvalue weighted by atomic mass is 10.2. The van der Waals surface area contributed by atoms with Gasteiger partial charge in [-0.1, -0.05) is 23.8 Å². The number of nitrogens with one attached hydrogen (secondary N) is 1. The first-order valence-corrected chi connectivity index (χ1v) is 9.29. The minimum absolute atomic E-state index is 0.0555. The van der Waals surface area contributed by atoms with Gasteiger partial charge < -0.3 is 9.47 Å². The Hall–Kier alpha value is -2.45. The van der Waals surface area contributed by atoms with Gasteiger partial charge in [0.25, 0.3) is 0 Å². The van der Waals surface area contributed by atoms with Crippen molar-refractivity contribution in [1.82, 2.24) is 4.72 Å².